The first kappa shape index (κ1) is 15.2. The van der Waals surface area contributed by atoms with E-state index >= 15 is 0 Å². The van der Waals surface area contributed by atoms with Crippen LogP contribution in [0.3, 0.4) is 0 Å². The monoisotopic (exact) mass is 290 g/mol. The van der Waals surface area contributed by atoms with E-state index in [2.05, 4.69) is 0 Å². The fourth-order valence-corrected chi connectivity index (χ4v) is 2.15. The van der Waals surface area contributed by atoms with Crippen molar-refractivity contribution >= 4 is 5.78 Å². The molecule has 2 heterocycles. The van der Waals surface area contributed by atoms with Crippen LogP contribution in [0.5, 0.6) is 0 Å². The van der Waals surface area contributed by atoms with E-state index in [1.165, 1.54) is 6.92 Å². The van der Waals surface area contributed by atoms with E-state index < -0.39 is 49.2 Å². The normalized spacial score (nSPS) is 41.8. The van der Waals surface area contributed by atoms with Crippen LogP contribution in [0.1, 0.15) is 13.8 Å². The molecule has 20 heavy (non-hydrogen) atoms. The third-order valence-corrected chi connectivity index (χ3v) is 3.35. The van der Waals surface area contributed by atoms with Crippen LogP contribution in [0.15, 0.2) is 11.5 Å². The minimum atomic E-state index is -1.56. The van der Waals surface area contributed by atoms with Crippen molar-refractivity contribution in [2.75, 3.05) is 6.61 Å². The second-order valence-corrected chi connectivity index (χ2v) is 4.82. The van der Waals surface area contributed by atoms with Gasteiger partial charge in [0.2, 0.25) is 17.8 Å². The Hall–Kier alpha value is -1.19. The molecule has 6 atom stereocenters. The zero-order chi connectivity index (χ0) is 15.0. The Bertz CT molecular complexity index is 418. The fourth-order valence-electron chi connectivity index (χ4n) is 2.15. The molecule has 0 bridgehead atoms. The Balaban J connectivity index is 2.13. The number of ketones is 1. The Morgan fingerprint density at radius 1 is 1.20 bits per heavy atom. The third-order valence-electron chi connectivity index (χ3n) is 3.35. The molecule has 0 radical (unpaired) electrons. The molecule has 2 aliphatic rings. The van der Waals surface area contributed by atoms with Gasteiger partial charge in [0.1, 0.15) is 30.2 Å². The van der Waals surface area contributed by atoms with Crippen molar-refractivity contribution in [2.45, 2.75) is 50.7 Å². The van der Waals surface area contributed by atoms with Gasteiger partial charge in [0.05, 0.1) is 6.61 Å². The zero-order valence-corrected chi connectivity index (χ0v) is 11.1. The minimum absolute atomic E-state index is 0.0955. The molecule has 0 spiro atoms. The highest BCUT2D eigenvalue weighted by atomic mass is 16.7. The molecular weight excluding hydrogens is 272 g/mol. The number of Topliss-reactive ketones (excluding diaryl/α,β-unsaturated/α-hetero) is 1. The molecule has 0 unspecified atom stereocenters. The maximum absolute atomic E-state index is 11.8. The molecule has 114 valence electrons. The van der Waals surface area contributed by atoms with Gasteiger partial charge in [-0.3, -0.25) is 4.79 Å². The van der Waals surface area contributed by atoms with Crippen LogP contribution in [0, 0.1) is 0 Å². The molecule has 0 amide bonds. The number of allylic oxidation sites excluding steroid dienone is 1. The maximum atomic E-state index is 11.8. The molecule has 2 rings (SSSR count). The molecule has 0 saturated carbocycles. The predicted octanol–water partition coefficient (Wildman–Crippen LogP) is -1.98. The van der Waals surface area contributed by atoms with Gasteiger partial charge >= 0.3 is 0 Å². The quantitative estimate of drug-likeness (QED) is 0.471. The summed E-state index contributed by atoms with van der Waals surface area (Å²) >= 11 is 0. The lowest BCUT2D eigenvalue weighted by atomic mass is 9.99. The van der Waals surface area contributed by atoms with Gasteiger partial charge in [-0.25, -0.2) is 0 Å². The van der Waals surface area contributed by atoms with Crippen molar-refractivity contribution in [3.05, 3.63) is 11.5 Å². The van der Waals surface area contributed by atoms with Gasteiger partial charge in [0.15, 0.2) is 6.10 Å². The highest BCUT2D eigenvalue weighted by molar-refractivity contribution is 5.99. The van der Waals surface area contributed by atoms with Gasteiger partial charge < -0.3 is 34.6 Å². The van der Waals surface area contributed by atoms with Crippen LogP contribution in [-0.2, 0) is 19.0 Å². The summed E-state index contributed by atoms with van der Waals surface area (Å²) in [5.74, 6) is -0.249. The summed E-state index contributed by atoms with van der Waals surface area (Å²) in [4.78, 5) is 11.8. The minimum Gasteiger partial charge on any atom is -0.483 e. The van der Waals surface area contributed by atoms with Gasteiger partial charge in [0.25, 0.3) is 0 Å². The number of carbonyl (C=O) groups excluding carboxylic acids is 1. The number of carbonyl (C=O) groups is 1. The first-order chi connectivity index (χ1) is 9.36. The lowest BCUT2D eigenvalue weighted by Gasteiger charge is -2.39. The van der Waals surface area contributed by atoms with Crippen LogP contribution < -0.4 is 0 Å². The number of aliphatic hydroxyl groups excluding tert-OH is 4. The summed E-state index contributed by atoms with van der Waals surface area (Å²) in [5, 5.41) is 38.1. The standard InChI is InChI=1S/C12H18O8/c1-4-7(14)11(5(2)18-4)20-12-10(17)9(16)8(15)6(3-13)19-12/h4,6,8-10,12-13,15-17H,3H2,1-2H3/t4-,6+,8+,9-,10+,12-/m0/s1. The van der Waals surface area contributed by atoms with E-state index in [4.69, 9.17) is 19.3 Å². The molecular formula is C12H18O8. The molecule has 0 aromatic rings. The molecule has 0 aliphatic carbocycles. The van der Waals surface area contributed by atoms with Crippen molar-refractivity contribution in [1.82, 2.24) is 0 Å². The molecule has 2 aliphatic heterocycles. The average molecular weight is 290 g/mol. The Labute approximate surface area is 115 Å². The molecule has 8 heteroatoms. The average Bonchev–Trinajstić information content (AvgIpc) is 2.65. The second kappa shape index (κ2) is 5.66. The smallest absolute Gasteiger partial charge is 0.241 e. The van der Waals surface area contributed by atoms with Gasteiger partial charge in [0, 0.05) is 0 Å². The molecule has 1 saturated heterocycles. The van der Waals surface area contributed by atoms with Crippen LogP contribution in [-0.4, -0.2) is 69.6 Å². The van der Waals surface area contributed by atoms with Gasteiger partial charge in [-0.1, -0.05) is 0 Å². The summed E-state index contributed by atoms with van der Waals surface area (Å²) in [5.41, 5.74) is 0. The van der Waals surface area contributed by atoms with Crippen molar-refractivity contribution < 1.29 is 39.4 Å². The topological polar surface area (TPSA) is 126 Å². The van der Waals surface area contributed by atoms with Crippen LogP contribution in [0.2, 0.25) is 0 Å². The van der Waals surface area contributed by atoms with Gasteiger partial charge in [-0.2, -0.15) is 0 Å². The molecule has 0 aromatic carbocycles. The lowest BCUT2D eigenvalue weighted by molar-refractivity contribution is -0.290. The van der Waals surface area contributed by atoms with Crippen molar-refractivity contribution in [1.29, 1.82) is 0 Å². The van der Waals surface area contributed by atoms with Crippen LogP contribution in [0.25, 0.3) is 0 Å². The highest BCUT2D eigenvalue weighted by Gasteiger charge is 2.46. The fraction of sp³-hybridized carbons (Fsp3) is 0.750. The van der Waals surface area contributed by atoms with Crippen molar-refractivity contribution in [2.24, 2.45) is 0 Å². The number of hydrogen-bond acceptors (Lipinski definition) is 8. The summed E-state index contributed by atoms with van der Waals surface area (Å²) in [7, 11) is 0. The maximum Gasteiger partial charge on any atom is 0.241 e. The second-order valence-electron chi connectivity index (χ2n) is 4.82. The van der Waals surface area contributed by atoms with Crippen LogP contribution in [0.4, 0.5) is 0 Å². The molecule has 1 fully saturated rings. The summed E-state index contributed by atoms with van der Waals surface area (Å²) in [6, 6.07) is 0. The Morgan fingerprint density at radius 3 is 2.35 bits per heavy atom. The van der Waals surface area contributed by atoms with Crippen molar-refractivity contribution in [3.8, 4) is 0 Å². The van der Waals surface area contributed by atoms with E-state index in [1.807, 2.05) is 0 Å². The lowest BCUT2D eigenvalue weighted by Crippen LogP contribution is -2.59. The number of hydrogen-bond donors (Lipinski definition) is 4. The Morgan fingerprint density at radius 2 is 1.85 bits per heavy atom. The number of rotatable bonds is 3. The predicted molar refractivity (Wildman–Crippen MR) is 63.1 cm³/mol. The Kier molecular flexibility index (Phi) is 4.31. The highest BCUT2D eigenvalue weighted by Crippen LogP contribution is 2.28. The van der Waals surface area contributed by atoms with Gasteiger partial charge in [-0.05, 0) is 13.8 Å². The number of ether oxygens (including phenoxy) is 3. The summed E-state index contributed by atoms with van der Waals surface area (Å²) in [6.07, 6.45) is -7.74. The molecule has 8 nitrogen and oxygen atoms in total. The summed E-state index contributed by atoms with van der Waals surface area (Å²) in [6.45, 7) is 2.51. The largest absolute Gasteiger partial charge is 0.483 e. The van der Waals surface area contributed by atoms with Crippen LogP contribution >= 0.6 is 0 Å². The molecule has 4 N–H and O–H groups in total. The van der Waals surface area contributed by atoms with E-state index in [0.29, 0.717) is 0 Å². The van der Waals surface area contributed by atoms with E-state index in [-0.39, 0.29) is 11.5 Å². The van der Waals surface area contributed by atoms with E-state index in [9.17, 15) is 20.1 Å². The van der Waals surface area contributed by atoms with Crippen molar-refractivity contribution in [3.63, 3.8) is 0 Å². The first-order valence-corrected chi connectivity index (χ1v) is 6.25. The summed E-state index contributed by atoms with van der Waals surface area (Å²) < 4.78 is 15.6. The third kappa shape index (κ3) is 2.52. The first-order valence-electron chi connectivity index (χ1n) is 6.25. The number of aliphatic hydroxyl groups is 4. The SMILES string of the molecule is CC1=C(O[C@@H]2O[C@H](CO)[C@@H](O)[C@H](O)[C@H]2O)C(=O)[C@H](C)O1. The van der Waals surface area contributed by atoms with E-state index in [0.717, 1.165) is 0 Å². The molecule has 0 aromatic heterocycles. The zero-order valence-electron chi connectivity index (χ0n) is 11.1. The van der Waals surface area contributed by atoms with E-state index in [1.54, 1.807) is 6.92 Å². The van der Waals surface area contributed by atoms with Gasteiger partial charge in [-0.15, -0.1) is 0 Å².